The molecule has 1 N–H and O–H groups in total. The van der Waals surface area contributed by atoms with Crippen LogP contribution >= 0.6 is 0 Å². The van der Waals surface area contributed by atoms with E-state index in [9.17, 15) is 9.59 Å². The number of aldehydes is 1. The van der Waals surface area contributed by atoms with Gasteiger partial charge in [-0.2, -0.15) is 0 Å². The number of hydrogen-bond acceptors (Lipinski definition) is 5. The maximum atomic E-state index is 12.2. The van der Waals surface area contributed by atoms with Crippen LogP contribution in [0.2, 0.25) is 0 Å². The topological polar surface area (TPSA) is 67.9 Å². The molecule has 0 heterocycles. The van der Waals surface area contributed by atoms with Crippen molar-refractivity contribution in [1.82, 2.24) is 5.32 Å². The number of allylic oxidation sites excluding steroid dienone is 1. The highest BCUT2D eigenvalue weighted by Crippen LogP contribution is 2.34. The average molecular weight is 507 g/mol. The van der Waals surface area contributed by atoms with Crippen molar-refractivity contribution in [3.8, 4) is 5.75 Å². The van der Waals surface area contributed by atoms with Gasteiger partial charge in [0.15, 0.2) is 12.0 Å². The van der Waals surface area contributed by atoms with Crippen LogP contribution in [0.5, 0.6) is 5.75 Å². The van der Waals surface area contributed by atoms with E-state index >= 15 is 0 Å². The lowest BCUT2D eigenvalue weighted by atomic mass is 10.1. The SMILES string of the molecule is CCOc1ccc(CCNC(=O)O/C(C=O)=C/c2ccc(N(c3ccccc3)c3ccccc3)cc2)cc1. The highest BCUT2D eigenvalue weighted by molar-refractivity contribution is 5.84. The second-order valence-corrected chi connectivity index (χ2v) is 8.41. The monoisotopic (exact) mass is 506 g/mol. The number of hydrogen-bond donors (Lipinski definition) is 1. The molecule has 4 rings (SSSR count). The Bertz CT molecular complexity index is 1300. The van der Waals surface area contributed by atoms with E-state index < -0.39 is 6.09 Å². The van der Waals surface area contributed by atoms with E-state index in [1.807, 2.05) is 116 Å². The average Bonchev–Trinajstić information content (AvgIpc) is 2.96. The van der Waals surface area contributed by atoms with Crippen LogP contribution in [-0.4, -0.2) is 25.5 Å². The van der Waals surface area contributed by atoms with Gasteiger partial charge in [-0.1, -0.05) is 60.7 Å². The van der Waals surface area contributed by atoms with Gasteiger partial charge in [0, 0.05) is 23.6 Å². The first-order chi connectivity index (χ1) is 18.7. The lowest BCUT2D eigenvalue weighted by molar-refractivity contribution is -0.106. The fourth-order valence-corrected chi connectivity index (χ4v) is 3.94. The molecule has 0 saturated carbocycles. The minimum Gasteiger partial charge on any atom is -0.494 e. The summed E-state index contributed by atoms with van der Waals surface area (Å²) in [5.41, 5.74) is 4.81. The quantitative estimate of drug-likeness (QED) is 0.134. The molecule has 192 valence electrons. The Morgan fingerprint density at radius 2 is 1.37 bits per heavy atom. The summed E-state index contributed by atoms with van der Waals surface area (Å²) in [5.74, 6) is 0.740. The van der Waals surface area contributed by atoms with Crippen LogP contribution in [0.3, 0.4) is 0 Å². The number of carbonyl (C=O) groups is 2. The van der Waals surface area contributed by atoms with E-state index in [1.165, 1.54) is 6.08 Å². The summed E-state index contributed by atoms with van der Waals surface area (Å²) in [6.45, 7) is 2.93. The molecular weight excluding hydrogens is 476 g/mol. The van der Waals surface area contributed by atoms with Crippen LogP contribution in [0, 0.1) is 0 Å². The number of ether oxygens (including phenoxy) is 2. The number of anilines is 3. The predicted octanol–water partition coefficient (Wildman–Crippen LogP) is 7.06. The molecule has 1 amide bonds. The van der Waals surface area contributed by atoms with Crippen molar-refractivity contribution in [3.63, 3.8) is 0 Å². The Morgan fingerprint density at radius 1 is 0.789 bits per heavy atom. The summed E-state index contributed by atoms with van der Waals surface area (Å²) in [6, 6.07) is 35.6. The first-order valence-corrected chi connectivity index (χ1v) is 12.5. The molecular formula is C32H30N2O4. The number of nitrogens with zero attached hydrogens (tertiary/aromatic N) is 1. The molecule has 0 aromatic heterocycles. The number of nitrogens with one attached hydrogen (secondary N) is 1. The third-order valence-electron chi connectivity index (χ3n) is 5.73. The molecule has 0 aliphatic carbocycles. The van der Waals surface area contributed by atoms with Crippen molar-refractivity contribution >= 4 is 35.5 Å². The van der Waals surface area contributed by atoms with Gasteiger partial charge in [-0.25, -0.2) is 4.79 Å². The molecule has 6 nitrogen and oxygen atoms in total. The third-order valence-corrected chi connectivity index (χ3v) is 5.73. The standard InChI is InChI=1S/C32H30N2O4/c1-2-37-30-19-15-25(16-20-30)21-22-33-32(36)38-31(24-35)23-26-13-17-29(18-14-26)34(27-9-5-3-6-10-27)28-11-7-4-8-12-28/h3-20,23-24H,2,21-22H2,1H3,(H,33,36)/b31-23+. The van der Waals surface area contributed by atoms with Gasteiger partial charge in [-0.3, -0.25) is 4.79 Å². The number of benzene rings is 4. The molecule has 0 bridgehead atoms. The zero-order valence-corrected chi connectivity index (χ0v) is 21.2. The number of amides is 1. The first kappa shape index (κ1) is 26.2. The number of alkyl carbamates (subject to hydrolysis) is 1. The van der Waals surface area contributed by atoms with Gasteiger partial charge in [0.1, 0.15) is 5.75 Å². The van der Waals surface area contributed by atoms with Crippen LogP contribution < -0.4 is 15.0 Å². The molecule has 4 aromatic carbocycles. The Labute approximate surface area is 223 Å². The molecule has 0 unspecified atom stereocenters. The molecule has 38 heavy (non-hydrogen) atoms. The molecule has 4 aromatic rings. The number of carbonyl (C=O) groups excluding carboxylic acids is 2. The summed E-state index contributed by atoms with van der Waals surface area (Å²) in [4.78, 5) is 25.9. The number of rotatable bonds is 11. The van der Waals surface area contributed by atoms with E-state index in [4.69, 9.17) is 9.47 Å². The van der Waals surface area contributed by atoms with Gasteiger partial charge in [0.2, 0.25) is 0 Å². The van der Waals surface area contributed by atoms with Crippen molar-refractivity contribution in [2.75, 3.05) is 18.1 Å². The van der Waals surface area contributed by atoms with Gasteiger partial charge in [-0.05, 0) is 79.1 Å². The van der Waals surface area contributed by atoms with Crippen LogP contribution in [0.15, 0.2) is 115 Å². The third kappa shape index (κ3) is 7.34. The summed E-state index contributed by atoms with van der Waals surface area (Å²) in [6.07, 6.45) is 2.02. The zero-order chi connectivity index (χ0) is 26.6. The normalized spacial score (nSPS) is 10.9. The largest absolute Gasteiger partial charge is 0.494 e. The number of para-hydroxylation sites is 2. The van der Waals surface area contributed by atoms with Crippen molar-refractivity contribution in [2.24, 2.45) is 0 Å². The van der Waals surface area contributed by atoms with E-state index in [0.29, 0.717) is 25.9 Å². The van der Waals surface area contributed by atoms with Crippen LogP contribution in [0.1, 0.15) is 18.1 Å². The molecule has 0 atom stereocenters. The Hall–Kier alpha value is -4.84. The fraction of sp³-hybridized carbons (Fsp3) is 0.125. The summed E-state index contributed by atoms with van der Waals surface area (Å²) < 4.78 is 10.7. The van der Waals surface area contributed by atoms with Crippen molar-refractivity contribution in [3.05, 3.63) is 126 Å². The molecule has 0 fully saturated rings. The molecule has 0 spiro atoms. The van der Waals surface area contributed by atoms with Gasteiger partial charge in [0.05, 0.1) is 6.61 Å². The van der Waals surface area contributed by atoms with Crippen molar-refractivity contribution < 1.29 is 19.1 Å². The predicted molar refractivity (Wildman–Crippen MR) is 151 cm³/mol. The highest BCUT2D eigenvalue weighted by Gasteiger charge is 2.12. The summed E-state index contributed by atoms with van der Waals surface area (Å²) in [5, 5.41) is 2.68. The van der Waals surface area contributed by atoms with E-state index in [-0.39, 0.29) is 5.76 Å². The van der Waals surface area contributed by atoms with Crippen LogP contribution in [-0.2, 0) is 16.0 Å². The molecule has 0 radical (unpaired) electrons. The minimum absolute atomic E-state index is 0.0701. The molecule has 0 aliphatic rings. The summed E-state index contributed by atoms with van der Waals surface area (Å²) >= 11 is 0. The van der Waals surface area contributed by atoms with Crippen molar-refractivity contribution in [2.45, 2.75) is 13.3 Å². The Morgan fingerprint density at radius 3 is 1.92 bits per heavy atom. The summed E-state index contributed by atoms with van der Waals surface area (Å²) in [7, 11) is 0. The first-order valence-electron chi connectivity index (χ1n) is 12.5. The van der Waals surface area contributed by atoms with Crippen LogP contribution in [0.25, 0.3) is 6.08 Å². The Balaban J connectivity index is 1.38. The van der Waals surface area contributed by atoms with Gasteiger partial charge >= 0.3 is 6.09 Å². The Kier molecular flexibility index (Phi) is 9.29. The van der Waals surface area contributed by atoms with E-state index in [2.05, 4.69) is 10.2 Å². The minimum atomic E-state index is -0.676. The second kappa shape index (κ2) is 13.5. The van der Waals surface area contributed by atoms with Gasteiger partial charge in [0.25, 0.3) is 0 Å². The van der Waals surface area contributed by atoms with Gasteiger partial charge in [-0.15, -0.1) is 0 Å². The highest BCUT2D eigenvalue weighted by atomic mass is 16.6. The molecule has 0 aliphatic heterocycles. The van der Waals surface area contributed by atoms with E-state index in [0.717, 1.165) is 33.9 Å². The van der Waals surface area contributed by atoms with Crippen LogP contribution in [0.4, 0.5) is 21.9 Å². The maximum absolute atomic E-state index is 12.2. The zero-order valence-electron chi connectivity index (χ0n) is 21.2. The maximum Gasteiger partial charge on any atom is 0.412 e. The second-order valence-electron chi connectivity index (χ2n) is 8.41. The van der Waals surface area contributed by atoms with E-state index in [1.54, 1.807) is 0 Å². The van der Waals surface area contributed by atoms with Gasteiger partial charge < -0.3 is 19.7 Å². The molecule has 6 heteroatoms. The lowest BCUT2D eigenvalue weighted by Crippen LogP contribution is -2.26. The fourth-order valence-electron chi connectivity index (χ4n) is 3.94. The smallest absolute Gasteiger partial charge is 0.412 e. The lowest BCUT2D eigenvalue weighted by Gasteiger charge is -2.25. The van der Waals surface area contributed by atoms with Crippen molar-refractivity contribution in [1.29, 1.82) is 0 Å². The molecule has 0 saturated heterocycles.